The summed E-state index contributed by atoms with van der Waals surface area (Å²) in [5.41, 5.74) is 5.76. The van der Waals surface area contributed by atoms with Gasteiger partial charge in [-0.15, -0.1) is 0 Å². The van der Waals surface area contributed by atoms with Crippen LogP contribution in [0.5, 0.6) is 0 Å². The van der Waals surface area contributed by atoms with Crippen molar-refractivity contribution in [1.82, 2.24) is 10.2 Å². The van der Waals surface area contributed by atoms with Gasteiger partial charge < -0.3 is 5.73 Å². The summed E-state index contributed by atoms with van der Waals surface area (Å²) >= 11 is 0. The molecule has 4 nitrogen and oxygen atoms in total. The van der Waals surface area contributed by atoms with Crippen molar-refractivity contribution in [2.75, 3.05) is 5.73 Å². The molecule has 48 valence electrons. The third-order valence-electron chi connectivity index (χ3n) is 1.05. The van der Waals surface area contributed by atoms with E-state index in [4.69, 9.17) is 5.73 Å². The van der Waals surface area contributed by atoms with Crippen molar-refractivity contribution < 1.29 is 4.79 Å². The first-order valence-corrected chi connectivity index (χ1v) is 2.51. The zero-order chi connectivity index (χ0) is 6.85. The number of aromatic amines is 1. The summed E-state index contributed by atoms with van der Waals surface area (Å²) in [5, 5.41) is 6.03. The summed E-state index contributed by atoms with van der Waals surface area (Å²) in [6, 6.07) is 0. The maximum atomic E-state index is 10.6. The molecule has 1 rings (SSSR count). The van der Waals surface area contributed by atoms with E-state index in [0.29, 0.717) is 11.4 Å². The number of nitrogens with two attached hydrogens (primary N) is 1. The average Bonchev–Trinajstić information content (AvgIpc) is 2.13. The number of nitrogen functional groups attached to an aromatic ring is 1. The van der Waals surface area contributed by atoms with E-state index in [9.17, 15) is 4.79 Å². The fourth-order valence-electron chi connectivity index (χ4n) is 0.577. The van der Waals surface area contributed by atoms with Crippen molar-refractivity contribution in [3.8, 4) is 0 Å². The number of carbonyl (C=O) groups excluding carboxylic acids is 1. The standard InChI is InChI=1S/C5H7N3O/c1-3(9)4-2-7-8-5(4)6/h2H,1H3,(H3,6,7,8). The van der Waals surface area contributed by atoms with Gasteiger partial charge in [-0.1, -0.05) is 0 Å². The van der Waals surface area contributed by atoms with Crippen LogP contribution in [-0.4, -0.2) is 16.0 Å². The van der Waals surface area contributed by atoms with Crippen LogP contribution >= 0.6 is 0 Å². The van der Waals surface area contributed by atoms with Gasteiger partial charge in [0.05, 0.1) is 11.8 Å². The van der Waals surface area contributed by atoms with Crippen LogP contribution in [0.3, 0.4) is 0 Å². The number of hydrogen-bond acceptors (Lipinski definition) is 3. The lowest BCUT2D eigenvalue weighted by Crippen LogP contribution is -1.95. The number of Topliss-reactive ketones (excluding diaryl/α,β-unsaturated/α-hetero) is 1. The molecule has 0 unspecified atom stereocenters. The average molecular weight is 125 g/mol. The topological polar surface area (TPSA) is 71.8 Å². The number of hydrogen-bond donors (Lipinski definition) is 2. The van der Waals surface area contributed by atoms with Gasteiger partial charge in [0, 0.05) is 0 Å². The number of rotatable bonds is 1. The van der Waals surface area contributed by atoms with Gasteiger partial charge in [-0.25, -0.2) is 0 Å². The molecular formula is C5H7N3O. The fraction of sp³-hybridized carbons (Fsp3) is 0.200. The summed E-state index contributed by atoms with van der Waals surface area (Å²) < 4.78 is 0. The third kappa shape index (κ3) is 0.910. The van der Waals surface area contributed by atoms with Gasteiger partial charge >= 0.3 is 0 Å². The van der Waals surface area contributed by atoms with Gasteiger partial charge in [0.15, 0.2) is 5.78 Å². The molecule has 9 heavy (non-hydrogen) atoms. The molecule has 0 amide bonds. The number of H-pyrrole nitrogens is 1. The Labute approximate surface area is 52.1 Å². The molecule has 4 heteroatoms. The summed E-state index contributed by atoms with van der Waals surface area (Å²) in [6.07, 6.45) is 1.41. The molecule has 3 N–H and O–H groups in total. The summed E-state index contributed by atoms with van der Waals surface area (Å²) in [4.78, 5) is 10.6. The number of nitrogens with zero attached hydrogens (tertiary/aromatic N) is 1. The first-order valence-electron chi connectivity index (χ1n) is 2.51. The largest absolute Gasteiger partial charge is 0.383 e. The van der Waals surface area contributed by atoms with Crippen LogP contribution in [0.4, 0.5) is 5.82 Å². The molecular weight excluding hydrogens is 118 g/mol. The maximum Gasteiger partial charge on any atom is 0.165 e. The summed E-state index contributed by atoms with van der Waals surface area (Å²) in [7, 11) is 0. The lowest BCUT2D eigenvalue weighted by atomic mass is 10.2. The van der Waals surface area contributed by atoms with E-state index in [0.717, 1.165) is 0 Å². The van der Waals surface area contributed by atoms with E-state index in [1.54, 1.807) is 0 Å². The number of anilines is 1. The normalized spacial score (nSPS) is 9.44. The second-order valence-corrected chi connectivity index (χ2v) is 1.75. The highest BCUT2D eigenvalue weighted by atomic mass is 16.1. The monoisotopic (exact) mass is 125 g/mol. The summed E-state index contributed by atoms with van der Waals surface area (Å²) in [6.45, 7) is 1.45. The number of ketones is 1. The molecule has 0 fully saturated rings. The smallest absolute Gasteiger partial charge is 0.165 e. The Hall–Kier alpha value is -1.32. The van der Waals surface area contributed by atoms with Crippen LogP contribution in [0.25, 0.3) is 0 Å². The molecule has 0 aliphatic carbocycles. The van der Waals surface area contributed by atoms with Gasteiger partial charge in [-0.2, -0.15) is 5.10 Å². The predicted molar refractivity (Wildman–Crippen MR) is 33.0 cm³/mol. The van der Waals surface area contributed by atoms with E-state index in [2.05, 4.69) is 10.2 Å². The highest BCUT2D eigenvalue weighted by molar-refractivity contribution is 5.97. The van der Waals surface area contributed by atoms with Gasteiger partial charge in [0.1, 0.15) is 5.82 Å². The zero-order valence-corrected chi connectivity index (χ0v) is 5.01. The van der Waals surface area contributed by atoms with Gasteiger partial charge in [0.25, 0.3) is 0 Å². The van der Waals surface area contributed by atoms with Crippen molar-refractivity contribution in [2.45, 2.75) is 6.92 Å². The van der Waals surface area contributed by atoms with E-state index >= 15 is 0 Å². The lowest BCUT2D eigenvalue weighted by molar-refractivity contribution is 0.101. The van der Waals surface area contributed by atoms with Crippen LogP contribution in [0.15, 0.2) is 6.20 Å². The Morgan fingerprint density at radius 3 is 2.78 bits per heavy atom. The minimum atomic E-state index is -0.0683. The molecule has 0 aliphatic rings. The molecule has 0 radical (unpaired) electrons. The Kier molecular flexibility index (Phi) is 1.22. The van der Waals surface area contributed by atoms with E-state index in [1.807, 2.05) is 0 Å². The second-order valence-electron chi connectivity index (χ2n) is 1.75. The van der Waals surface area contributed by atoms with Crippen molar-refractivity contribution in [3.05, 3.63) is 11.8 Å². The van der Waals surface area contributed by atoms with Crippen LogP contribution < -0.4 is 5.73 Å². The van der Waals surface area contributed by atoms with Crippen molar-refractivity contribution in [3.63, 3.8) is 0 Å². The van der Waals surface area contributed by atoms with Crippen LogP contribution in [0.1, 0.15) is 17.3 Å². The quantitative estimate of drug-likeness (QED) is 0.526. The summed E-state index contributed by atoms with van der Waals surface area (Å²) in [5.74, 6) is 0.267. The van der Waals surface area contributed by atoms with Gasteiger partial charge in [0.2, 0.25) is 0 Å². The predicted octanol–water partition coefficient (Wildman–Crippen LogP) is 0.195. The van der Waals surface area contributed by atoms with Gasteiger partial charge in [-0.05, 0) is 6.92 Å². The first kappa shape index (κ1) is 5.81. The van der Waals surface area contributed by atoms with Crippen molar-refractivity contribution in [1.29, 1.82) is 0 Å². The Bertz CT molecular complexity index is 228. The van der Waals surface area contributed by atoms with Crippen molar-refractivity contribution in [2.24, 2.45) is 0 Å². The Balaban J connectivity index is 3.08. The minimum Gasteiger partial charge on any atom is -0.383 e. The molecule has 0 bridgehead atoms. The van der Waals surface area contributed by atoms with E-state index in [-0.39, 0.29) is 5.78 Å². The molecule has 0 saturated heterocycles. The highest BCUT2D eigenvalue weighted by Crippen LogP contribution is 2.05. The molecule has 0 saturated carbocycles. The lowest BCUT2D eigenvalue weighted by Gasteiger charge is -1.86. The highest BCUT2D eigenvalue weighted by Gasteiger charge is 2.03. The van der Waals surface area contributed by atoms with Crippen LogP contribution in [0.2, 0.25) is 0 Å². The fourth-order valence-corrected chi connectivity index (χ4v) is 0.577. The Morgan fingerprint density at radius 2 is 2.56 bits per heavy atom. The molecule has 1 heterocycles. The number of nitrogens with one attached hydrogen (secondary N) is 1. The molecule has 0 spiro atoms. The first-order chi connectivity index (χ1) is 4.22. The second kappa shape index (κ2) is 1.89. The van der Waals surface area contributed by atoms with E-state index < -0.39 is 0 Å². The molecule has 1 aromatic rings. The number of carbonyl (C=O) groups is 1. The van der Waals surface area contributed by atoms with E-state index in [1.165, 1.54) is 13.1 Å². The zero-order valence-electron chi connectivity index (χ0n) is 5.01. The van der Waals surface area contributed by atoms with Crippen LogP contribution in [0, 0.1) is 0 Å². The van der Waals surface area contributed by atoms with Crippen molar-refractivity contribution >= 4 is 11.6 Å². The molecule has 0 aromatic carbocycles. The SMILES string of the molecule is CC(=O)c1cn[nH]c1N. The molecule has 0 atom stereocenters. The third-order valence-corrected chi connectivity index (χ3v) is 1.05. The maximum absolute atomic E-state index is 10.6. The number of aromatic nitrogens is 2. The molecule has 1 aromatic heterocycles. The minimum absolute atomic E-state index is 0.0683. The molecule has 0 aliphatic heterocycles. The van der Waals surface area contributed by atoms with Gasteiger partial charge in [-0.3, -0.25) is 9.89 Å². The van der Waals surface area contributed by atoms with Crippen LogP contribution in [-0.2, 0) is 0 Å². The Morgan fingerprint density at radius 1 is 1.89 bits per heavy atom.